The van der Waals surface area contributed by atoms with Crippen LogP contribution >= 0.6 is 0 Å². The molecule has 10 nitrogen and oxygen atoms in total. The van der Waals surface area contributed by atoms with Gasteiger partial charge in [0.05, 0.1) is 36.6 Å². The number of ether oxygens (including phenoxy) is 3. The van der Waals surface area contributed by atoms with Gasteiger partial charge in [0.25, 0.3) is 0 Å². The summed E-state index contributed by atoms with van der Waals surface area (Å²) in [6, 6.07) is 18.5. The Morgan fingerprint density at radius 2 is 1.92 bits per heavy atom. The number of carbonyl (C=O) groups is 1. The summed E-state index contributed by atoms with van der Waals surface area (Å²) in [4.78, 5) is 23.5. The highest BCUT2D eigenvalue weighted by Gasteiger charge is 2.49. The van der Waals surface area contributed by atoms with Gasteiger partial charge in [-0.05, 0) is 36.4 Å². The molecule has 3 aromatic rings. The van der Waals surface area contributed by atoms with Crippen LogP contribution in [0.1, 0.15) is 5.56 Å². The van der Waals surface area contributed by atoms with Crippen LogP contribution in [0.25, 0.3) is 11.3 Å². The van der Waals surface area contributed by atoms with Crippen molar-refractivity contribution in [3.05, 3.63) is 66.4 Å². The minimum absolute atomic E-state index is 0.190. The first-order valence-corrected chi connectivity index (χ1v) is 11.6. The highest BCUT2D eigenvalue weighted by Crippen LogP contribution is 2.31. The fourth-order valence-electron chi connectivity index (χ4n) is 4.33. The Morgan fingerprint density at radius 1 is 1.11 bits per heavy atom. The molecule has 5 rings (SSSR count). The lowest BCUT2D eigenvalue weighted by Crippen LogP contribution is -2.38. The lowest BCUT2D eigenvalue weighted by atomic mass is 10.1. The number of rotatable bonds is 6. The monoisotopic (exact) mass is 486 g/mol. The lowest BCUT2D eigenvalue weighted by Gasteiger charge is -2.18. The first-order valence-electron chi connectivity index (χ1n) is 11.6. The molecule has 4 atom stereocenters. The molecule has 1 amide bonds. The largest absolute Gasteiger partial charge is 0.441 e. The van der Waals surface area contributed by atoms with Crippen molar-refractivity contribution in [2.45, 2.75) is 24.4 Å². The smallest absolute Gasteiger partial charge is 0.412 e. The Labute approximate surface area is 208 Å². The SMILES string of the molecule is CN(C)c1ccc(-c2ccnc(N[C@H]3CO[C@H]4[C@@H]3OC[C@H]4OC(=O)Nc3cccc(C#N)c3)n2)cc1. The maximum atomic E-state index is 12.4. The summed E-state index contributed by atoms with van der Waals surface area (Å²) >= 11 is 0. The Kier molecular flexibility index (Phi) is 6.66. The predicted octanol–water partition coefficient (Wildman–Crippen LogP) is 3.28. The van der Waals surface area contributed by atoms with Gasteiger partial charge in [-0.25, -0.2) is 14.8 Å². The number of hydrogen-bond donors (Lipinski definition) is 2. The summed E-state index contributed by atoms with van der Waals surface area (Å²) in [5.74, 6) is 0.474. The number of nitrogens with one attached hydrogen (secondary N) is 2. The topological polar surface area (TPSA) is 122 Å². The molecule has 2 saturated heterocycles. The number of fused-ring (bicyclic) bond motifs is 1. The second kappa shape index (κ2) is 10.2. The van der Waals surface area contributed by atoms with Crippen molar-refractivity contribution in [3.8, 4) is 17.3 Å². The van der Waals surface area contributed by atoms with Gasteiger partial charge in [-0.1, -0.05) is 18.2 Å². The van der Waals surface area contributed by atoms with E-state index in [2.05, 4.69) is 20.6 Å². The zero-order valence-electron chi connectivity index (χ0n) is 19.9. The Morgan fingerprint density at radius 3 is 2.69 bits per heavy atom. The average molecular weight is 487 g/mol. The van der Waals surface area contributed by atoms with Crippen molar-refractivity contribution >= 4 is 23.4 Å². The molecule has 3 heterocycles. The molecule has 0 aliphatic carbocycles. The Bertz CT molecular complexity index is 1280. The number of nitrogens with zero attached hydrogens (tertiary/aromatic N) is 4. The molecular weight excluding hydrogens is 460 g/mol. The average Bonchev–Trinajstić information content (AvgIpc) is 3.47. The molecule has 2 aliphatic rings. The van der Waals surface area contributed by atoms with Crippen molar-refractivity contribution in [1.82, 2.24) is 9.97 Å². The number of carbonyl (C=O) groups excluding carboxylic acids is 1. The summed E-state index contributed by atoms with van der Waals surface area (Å²) in [7, 11) is 4.00. The molecule has 2 aliphatic heterocycles. The molecule has 0 radical (unpaired) electrons. The van der Waals surface area contributed by atoms with Crippen LogP contribution in [-0.2, 0) is 14.2 Å². The van der Waals surface area contributed by atoms with E-state index in [0.717, 1.165) is 16.9 Å². The summed E-state index contributed by atoms with van der Waals surface area (Å²) in [6.07, 6.45) is -0.180. The third-order valence-electron chi connectivity index (χ3n) is 6.15. The predicted molar refractivity (Wildman–Crippen MR) is 134 cm³/mol. The minimum atomic E-state index is -0.629. The molecule has 10 heteroatoms. The van der Waals surface area contributed by atoms with Gasteiger partial charge in [0.15, 0.2) is 6.10 Å². The molecule has 0 spiro atoms. The normalized spacial score (nSPS) is 22.4. The molecule has 1 aromatic heterocycles. The quantitative estimate of drug-likeness (QED) is 0.540. The molecule has 36 heavy (non-hydrogen) atoms. The fraction of sp³-hybridized carbons (Fsp3) is 0.308. The minimum Gasteiger partial charge on any atom is -0.441 e. The molecule has 0 bridgehead atoms. The van der Waals surface area contributed by atoms with E-state index in [1.165, 1.54) is 0 Å². The van der Waals surface area contributed by atoms with Crippen molar-refractivity contribution in [2.75, 3.05) is 42.8 Å². The van der Waals surface area contributed by atoms with E-state index in [-0.39, 0.29) is 18.8 Å². The van der Waals surface area contributed by atoms with Gasteiger partial charge in [-0.15, -0.1) is 0 Å². The van der Waals surface area contributed by atoms with E-state index in [0.29, 0.717) is 23.8 Å². The highest BCUT2D eigenvalue weighted by atomic mass is 16.6. The third-order valence-corrected chi connectivity index (χ3v) is 6.15. The molecule has 2 aromatic carbocycles. The van der Waals surface area contributed by atoms with Gasteiger partial charge >= 0.3 is 6.09 Å². The van der Waals surface area contributed by atoms with E-state index in [1.807, 2.05) is 55.4 Å². The molecule has 2 N–H and O–H groups in total. The van der Waals surface area contributed by atoms with Crippen LogP contribution < -0.4 is 15.5 Å². The molecular formula is C26H26N6O4. The number of benzene rings is 2. The number of amides is 1. The zero-order chi connectivity index (χ0) is 25.1. The zero-order valence-corrected chi connectivity index (χ0v) is 19.9. The Hall–Kier alpha value is -4.20. The molecule has 0 saturated carbocycles. The summed E-state index contributed by atoms with van der Waals surface area (Å²) in [5, 5.41) is 15.0. The van der Waals surface area contributed by atoms with E-state index in [4.69, 9.17) is 19.5 Å². The standard InChI is InChI=1S/C26H26N6O4/c1-32(2)19-8-6-17(7-9-19)20-10-11-28-25(30-20)31-21-14-34-24-22(15-35-23(21)24)36-26(33)29-18-5-3-4-16(12-18)13-27/h3-12,21-24H,14-15H2,1-2H3,(H,29,33)(H,28,30,31)/t21-,22+,23+,24+/m0/s1. The van der Waals surface area contributed by atoms with Gasteiger partial charge in [0.2, 0.25) is 5.95 Å². The van der Waals surface area contributed by atoms with Gasteiger partial charge < -0.3 is 24.4 Å². The Balaban J connectivity index is 1.19. The first kappa shape index (κ1) is 23.5. The van der Waals surface area contributed by atoms with Crippen LogP contribution in [-0.4, -0.2) is 67.7 Å². The van der Waals surface area contributed by atoms with E-state index in [9.17, 15) is 4.79 Å². The summed E-state index contributed by atoms with van der Waals surface area (Å²) in [5.41, 5.74) is 3.83. The van der Waals surface area contributed by atoms with Gasteiger partial charge in [-0.3, -0.25) is 5.32 Å². The van der Waals surface area contributed by atoms with E-state index in [1.54, 1.807) is 30.5 Å². The van der Waals surface area contributed by atoms with Crippen LogP contribution in [0.15, 0.2) is 60.8 Å². The third kappa shape index (κ3) is 5.07. The van der Waals surface area contributed by atoms with Crippen LogP contribution in [0.4, 0.5) is 22.1 Å². The maximum Gasteiger partial charge on any atom is 0.412 e. The van der Waals surface area contributed by atoms with Crippen molar-refractivity contribution in [3.63, 3.8) is 0 Å². The van der Waals surface area contributed by atoms with Gasteiger partial charge in [0.1, 0.15) is 12.2 Å². The van der Waals surface area contributed by atoms with Gasteiger partial charge in [0, 0.05) is 37.2 Å². The first-order chi connectivity index (χ1) is 17.5. The fourth-order valence-corrected chi connectivity index (χ4v) is 4.33. The van der Waals surface area contributed by atoms with E-state index >= 15 is 0 Å². The summed E-state index contributed by atoms with van der Waals surface area (Å²) in [6.45, 7) is 0.588. The maximum absolute atomic E-state index is 12.4. The van der Waals surface area contributed by atoms with Crippen LogP contribution in [0.2, 0.25) is 0 Å². The number of aromatic nitrogens is 2. The van der Waals surface area contributed by atoms with Crippen LogP contribution in [0.3, 0.4) is 0 Å². The van der Waals surface area contributed by atoms with Crippen molar-refractivity contribution in [1.29, 1.82) is 5.26 Å². The molecule has 2 fully saturated rings. The van der Waals surface area contributed by atoms with Gasteiger partial charge in [-0.2, -0.15) is 5.26 Å². The van der Waals surface area contributed by atoms with Crippen molar-refractivity contribution in [2.24, 2.45) is 0 Å². The number of hydrogen-bond acceptors (Lipinski definition) is 9. The number of nitriles is 1. The molecule has 0 unspecified atom stereocenters. The van der Waals surface area contributed by atoms with Crippen LogP contribution in [0.5, 0.6) is 0 Å². The lowest BCUT2D eigenvalue weighted by molar-refractivity contribution is 0.00917. The second-order valence-corrected chi connectivity index (χ2v) is 8.81. The van der Waals surface area contributed by atoms with Crippen LogP contribution in [0, 0.1) is 11.3 Å². The van der Waals surface area contributed by atoms with Crippen molar-refractivity contribution < 1.29 is 19.0 Å². The highest BCUT2D eigenvalue weighted by molar-refractivity contribution is 5.85. The summed E-state index contributed by atoms with van der Waals surface area (Å²) < 4.78 is 17.4. The number of anilines is 3. The second-order valence-electron chi connectivity index (χ2n) is 8.81. The van der Waals surface area contributed by atoms with E-state index < -0.39 is 18.3 Å². The molecule has 184 valence electrons.